The number of hydrogen-bond donors (Lipinski definition) is 1. The summed E-state index contributed by atoms with van der Waals surface area (Å²) < 4.78 is 0. The fourth-order valence-corrected chi connectivity index (χ4v) is 3.12. The van der Waals surface area contributed by atoms with Crippen molar-refractivity contribution < 1.29 is 4.79 Å². The molecular weight excluding hydrogens is 260 g/mol. The summed E-state index contributed by atoms with van der Waals surface area (Å²) in [7, 11) is 0. The lowest BCUT2D eigenvalue weighted by Crippen LogP contribution is -2.33. The molecule has 1 aliphatic rings. The van der Waals surface area contributed by atoms with Gasteiger partial charge in [0.05, 0.1) is 5.92 Å². The second-order valence-electron chi connectivity index (χ2n) is 6.00. The van der Waals surface area contributed by atoms with E-state index in [0.717, 1.165) is 25.1 Å². The van der Waals surface area contributed by atoms with E-state index in [1.807, 2.05) is 24.0 Å². The number of likely N-dealkylation sites (tertiary alicyclic amines) is 1. The first-order valence-electron chi connectivity index (χ1n) is 7.66. The zero-order valence-corrected chi connectivity index (χ0v) is 12.5. The molecule has 3 rings (SSSR count). The Balaban J connectivity index is 1.79. The fourth-order valence-electron chi connectivity index (χ4n) is 3.12. The Morgan fingerprint density at radius 1 is 1.29 bits per heavy atom. The molecule has 0 aromatic heterocycles. The van der Waals surface area contributed by atoms with Gasteiger partial charge < -0.3 is 10.6 Å². The van der Waals surface area contributed by atoms with Crippen molar-refractivity contribution in [3.05, 3.63) is 48.0 Å². The Morgan fingerprint density at radius 3 is 2.76 bits per heavy atom. The molecule has 1 saturated heterocycles. The maximum Gasteiger partial charge on any atom is 0.229 e. The number of hydrogen-bond acceptors (Lipinski definition) is 2. The Morgan fingerprint density at radius 2 is 2.05 bits per heavy atom. The van der Waals surface area contributed by atoms with E-state index in [0.29, 0.717) is 12.5 Å². The summed E-state index contributed by atoms with van der Waals surface area (Å²) in [6.07, 6.45) is 1.03. The van der Waals surface area contributed by atoms with Crippen molar-refractivity contribution in [3.8, 4) is 0 Å². The lowest BCUT2D eigenvalue weighted by atomic mass is 9.96. The molecule has 1 amide bonds. The molecule has 3 nitrogen and oxygen atoms in total. The Labute approximate surface area is 125 Å². The minimum atomic E-state index is -0.0915. The van der Waals surface area contributed by atoms with Crippen molar-refractivity contribution in [2.45, 2.75) is 19.3 Å². The molecule has 1 heterocycles. The van der Waals surface area contributed by atoms with Gasteiger partial charge >= 0.3 is 0 Å². The zero-order valence-electron chi connectivity index (χ0n) is 12.5. The highest BCUT2D eigenvalue weighted by Crippen LogP contribution is 2.25. The monoisotopic (exact) mass is 282 g/mol. The lowest BCUT2D eigenvalue weighted by molar-refractivity contribution is -0.131. The highest BCUT2D eigenvalue weighted by atomic mass is 16.2. The van der Waals surface area contributed by atoms with E-state index in [2.05, 4.69) is 30.3 Å². The van der Waals surface area contributed by atoms with Crippen LogP contribution in [-0.4, -0.2) is 30.4 Å². The molecule has 2 atom stereocenters. The lowest BCUT2D eigenvalue weighted by Gasteiger charge is -2.21. The van der Waals surface area contributed by atoms with E-state index >= 15 is 0 Å². The van der Waals surface area contributed by atoms with Crippen LogP contribution in [0.3, 0.4) is 0 Å². The van der Waals surface area contributed by atoms with E-state index in [9.17, 15) is 4.79 Å². The van der Waals surface area contributed by atoms with Gasteiger partial charge in [0.15, 0.2) is 0 Å². The third-order valence-electron chi connectivity index (χ3n) is 4.57. The Kier molecular flexibility index (Phi) is 3.93. The van der Waals surface area contributed by atoms with Gasteiger partial charge in [-0.05, 0) is 42.1 Å². The number of carbonyl (C=O) groups is 1. The molecule has 0 bridgehead atoms. The number of nitrogens with zero attached hydrogens (tertiary/aromatic N) is 1. The largest absolute Gasteiger partial charge is 0.342 e. The number of carbonyl (C=O) groups excluding carboxylic acids is 1. The topological polar surface area (TPSA) is 46.3 Å². The number of benzene rings is 2. The van der Waals surface area contributed by atoms with Crippen molar-refractivity contribution >= 4 is 16.7 Å². The van der Waals surface area contributed by atoms with Gasteiger partial charge in [-0.1, -0.05) is 42.5 Å². The van der Waals surface area contributed by atoms with Gasteiger partial charge in [-0.2, -0.15) is 0 Å². The van der Waals surface area contributed by atoms with Gasteiger partial charge in [0, 0.05) is 13.1 Å². The molecule has 21 heavy (non-hydrogen) atoms. The first-order valence-corrected chi connectivity index (χ1v) is 7.66. The van der Waals surface area contributed by atoms with Crippen LogP contribution in [0, 0.1) is 5.92 Å². The maximum absolute atomic E-state index is 12.6. The average Bonchev–Trinajstić information content (AvgIpc) is 3.02. The summed E-state index contributed by atoms with van der Waals surface area (Å²) in [6, 6.07) is 14.6. The predicted octanol–water partition coefficient (Wildman–Crippen LogP) is 2.75. The van der Waals surface area contributed by atoms with Gasteiger partial charge in [-0.25, -0.2) is 0 Å². The van der Waals surface area contributed by atoms with E-state index in [4.69, 9.17) is 5.73 Å². The van der Waals surface area contributed by atoms with Gasteiger partial charge in [0.25, 0.3) is 0 Å². The van der Waals surface area contributed by atoms with E-state index in [-0.39, 0.29) is 11.8 Å². The summed E-state index contributed by atoms with van der Waals surface area (Å²) in [4.78, 5) is 14.6. The summed E-state index contributed by atoms with van der Waals surface area (Å²) in [5, 5.41) is 2.40. The normalized spacial score (nSPS) is 19.9. The van der Waals surface area contributed by atoms with Crippen molar-refractivity contribution in [1.29, 1.82) is 0 Å². The van der Waals surface area contributed by atoms with Crippen LogP contribution in [0.25, 0.3) is 10.8 Å². The summed E-state index contributed by atoms with van der Waals surface area (Å²) in [5.74, 6) is 0.602. The van der Waals surface area contributed by atoms with E-state index in [1.54, 1.807) is 0 Å². The molecule has 2 aromatic rings. The molecule has 1 fully saturated rings. The van der Waals surface area contributed by atoms with Crippen LogP contribution in [0.1, 0.15) is 24.8 Å². The second kappa shape index (κ2) is 5.86. The van der Waals surface area contributed by atoms with Crippen LogP contribution in [0.5, 0.6) is 0 Å². The molecule has 2 aromatic carbocycles. The van der Waals surface area contributed by atoms with Crippen LogP contribution in [0.4, 0.5) is 0 Å². The third kappa shape index (κ3) is 2.79. The molecule has 0 radical (unpaired) electrons. The molecule has 1 aliphatic heterocycles. The van der Waals surface area contributed by atoms with Crippen molar-refractivity contribution in [3.63, 3.8) is 0 Å². The average molecular weight is 282 g/mol. The first-order chi connectivity index (χ1) is 10.2. The molecule has 2 N–H and O–H groups in total. The van der Waals surface area contributed by atoms with Gasteiger partial charge in [-0.15, -0.1) is 0 Å². The molecule has 0 aliphatic carbocycles. The zero-order chi connectivity index (χ0) is 14.8. The number of nitrogens with two attached hydrogens (primary N) is 1. The van der Waals surface area contributed by atoms with Crippen LogP contribution in [0.2, 0.25) is 0 Å². The second-order valence-corrected chi connectivity index (χ2v) is 6.00. The highest BCUT2D eigenvalue weighted by Gasteiger charge is 2.28. The van der Waals surface area contributed by atoms with Gasteiger partial charge in [0.1, 0.15) is 0 Å². The number of amides is 1. The quantitative estimate of drug-likeness (QED) is 0.941. The standard InChI is InChI=1S/C18H22N2O/c1-13(18(21)20-9-8-14(11-19)12-20)16-7-6-15-4-2-3-5-17(15)10-16/h2-7,10,13-14H,8-9,11-12,19H2,1H3. The molecule has 0 spiro atoms. The first kappa shape index (κ1) is 14.1. The molecular formula is C18H22N2O. The summed E-state index contributed by atoms with van der Waals surface area (Å²) in [5.41, 5.74) is 6.80. The molecule has 0 saturated carbocycles. The smallest absolute Gasteiger partial charge is 0.229 e. The van der Waals surface area contributed by atoms with E-state index in [1.165, 1.54) is 10.8 Å². The van der Waals surface area contributed by atoms with Crippen LogP contribution in [0.15, 0.2) is 42.5 Å². The maximum atomic E-state index is 12.6. The van der Waals surface area contributed by atoms with Gasteiger partial charge in [-0.3, -0.25) is 4.79 Å². The number of fused-ring (bicyclic) bond motifs is 1. The third-order valence-corrected chi connectivity index (χ3v) is 4.57. The summed E-state index contributed by atoms with van der Waals surface area (Å²) >= 11 is 0. The number of rotatable bonds is 3. The van der Waals surface area contributed by atoms with Gasteiger partial charge in [0.2, 0.25) is 5.91 Å². The SMILES string of the molecule is CC(C(=O)N1CCC(CN)C1)c1ccc2ccccc2c1. The highest BCUT2D eigenvalue weighted by molar-refractivity contribution is 5.87. The Hall–Kier alpha value is -1.87. The fraction of sp³-hybridized carbons (Fsp3) is 0.389. The minimum Gasteiger partial charge on any atom is -0.342 e. The van der Waals surface area contributed by atoms with Crippen molar-refractivity contribution in [2.75, 3.05) is 19.6 Å². The van der Waals surface area contributed by atoms with Crippen LogP contribution >= 0.6 is 0 Å². The van der Waals surface area contributed by atoms with Crippen molar-refractivity contribution in [2.24, 2.45) is 11.7 Å². The van der Waals surface area contributed by atoms with Crippen LogP contribution in [-0.2, 0) is 4.79 Å². The van der Waals surface area contributed by atoms with Crippen molar-refractivity contribution in [1.82, 2.24) is 4.90 Å². The molecule has 3 heteroatoms. The van der Waals surface area contributed by atoms with E-state index < -0.39 is 0 Å². The van der Waals surface area contributed by atoms with Crippen LogP contribution < -0.4 is 5.73 Å². The molecule has 110 valence electrons. The minimum absolute atomic E-state index is 0.0915. The predicted molar refractivity (Wildman–Crippen MR) is 86.1 cm³/mol. The molecule has 2 unspecified atom stereocenters. The summed E-state index contributed by atoms with van der Waals surface area (Å²) in [6.45, 7) is 4.34. The Bertz CT molecular complexity index is 652.